The molecule has 0 aliphatic rings. The minimum absolute atomic E-state index is 0.314. The Kier molecular flexibility index (Phi) is 5.07. The summed E-state index contributed by atoms with van der Waals surface area (Å²) in [5.74, 6) is 0.842. The van der Waals surface area contributed by atoms with E-state index < -0.39 is 0 Å². The van der Waals surface area contributed by atoms with E-state index in [1.165, 1.54) is 0 Å². The molecular formula is C23H20N4O2. The summed E-state index contributed by atoms with van der Waals surface area (Å²) in [6, 6.07) is 22.4. The van der Waals surface area contributed by atoms with Crippen molar-refractivity contribution >= 4 is 17.4 Å². The van der Waals surface area contributed by atoms with Gasteiger partial charge in [0.2, 0.25) is 11.8 Å². The maximum absolute atomic E-state index is 12.4. The Balaban J connectivity index is 1.50. The highest BCUT2D eigenvalue weighted by Crippen LogP contribution is 2.26. The normalized spacial score (nSPS) is 10.6. The van der Waals surface area contributed by atoms with Crippen molar-refractivity contribution in [3.63, 3.8) is 0 Å². The third-order valence-electron chi connectivity index (χ3n) is 4.67. The first-order valence-electron chi connectivity index (χ1n) is 9.24. The Morgan fingerprint density at radius 3 is 2.28 bits per heavy atom. The van der Waals surface area contributed by atoms with E-state index in [1.54, 1.807) is 12.1 Å². The quantitative estimate of drug-likeness (QED) is 0.475. The number of rotatable bonds is 4. The van der Waals surface area contributed by atoms with Crippen molar-refractivity contribution in [3.8, 4) is 22.9 Å². The molecule has 0 spiro atoms. The van der Waals surface area contributed by atoms with Crippen molar-refractivity contribution in [2.24, 2.45) is 0 Å². The zero-order valence-electron chi connectivity index (χ0n) is 16.1. The highest BCUT2D eigenvalue weighted by molar-refractivity contribution is 6.00. The third kappa shape index (κ3) is 4.16. The Morgan fingerprint density at radius 2 is 1.48 bits per heavy atom. The van der Waals surface area contributed by atoms with Gasteiger partial charge in [-0.2, -0.15) is 0 Å². The fourth-order valence-electron chi connectivity index (χ4n) is 2.94. The van der Waals surface area contributed by atoms with Crippen LogP contribution in [0.4, 0.5) is 16.2 Å². The predicted octanol–water partition coefficient (Wildman–Crippen LogP) is 5.66. The van der Waals surface area contributed by atoms with Gasteiger partial charge in [0.05, 0.1) is 0 Å². The summed E-state index contributed by atoms with van der Waals surface area (Å²) < 4.78 is 5.79. The van der Waals surface area contributed by atoms with Crippen LogP contribution in [0.3, 0.4) is 0 Å². The van der Waals surface area contributed by atoms with Gasteiger partial charge in [-0.15, -0.1) is 10.2 Å². The molecule has 1 heterocycles. The monoisotopic (exact) mass is 384 g/mol. The highest BCUT2D eigenvalue weighted by Gasteiger charge is 2.12. The van der Waals surface area contributed by atoms with Gasteiger partial charge in [0.15, 0.2) is 0 Å². The van der Waals surface area contributed by atoms with Gasteiger partial charge in [-0.1, -0.05) is 36.4 Å². The van der Waals surface area contributed by atoms with E-state index in [2.05, 4.69) is 20.8 Å². The van der Waals surface area contributed by atoms with Gasteiger partial charge >= 0.3 is 6.03 Å². The summed E-state index contributed by atoms with van der Waals surface area (Å²) in [5.41, 5.74) is 5.15. The smallest absolute Gasteiger partial charge is 0.323 e. The molecule has 0 fully saturated rings. The molecule has 0 bridgehead atoms. The lowest BCUT2D eigenvalue weighted by Gasteiger charge is -2.11. The minimum atomic E-state index is -0.314. The minimum Gasteiger partial charge on any atom is -0.416 e. The fourth-order valence-corrected chi connectivity index (χ4v) is 2.94. The molecule has 4 rings (SSSR count). The average Bonchev–Trinajstić information content (AvgIpc) is 3.23. The SMILES string of the molecule is Cc1cccc(NC(=O)Nc2cccc(-c3nnc(-c4ccccc4)o3)c2)c1C. The Bertz CT molecular complexity index is 1150. The summed E-state index contributed by atoms with van der Waals surface area (Å²) >= 11 is 0. The van der Waals surface area contributed by atoms with E-state index in [4.69, 9.17) is 4.42 Å². The molecule has 6 heteroatoms. The predicted molar refractivity (Wildman–Crippen MR) is 114 cm³/mol. The molecule has 0 unspecified atom stereocenters. The summed E-state index contributed by atoms with van der Waals surface area (Å²) in [6.07, 6.45) is 0. The zero-order valence-corrected chi connectivity index (χ0v) is 16.1. The van der Waals surface area contributed by atoms with Crippen molar-refractivity contribution in [1.29, 1.82) is 0 Å². The van der Waals surface area contributed by atoms with Crippen LogP contribution in [0, 0.1) is 13.8 Å². The second-order valence-corrected chi connectivity index (χ2v) is 6.69. The van der Waals surface area contributed by atoms with Crippen molar-refractivity contribution < 1.29 is 9.21 Å². The summed E-state index contributed by atoms with van der Waals surface area (Å²) in [4.78, 5) is 12.4. The van der Waals surface area contributed by atoms with Crippen LogP contribution in [0.15, 0.2) is 77.2 Å². The van der Waals surface area contributed by atoms with Crippen LogP contribution in [-0.2, 0) is 0 Å². The Morgan fingerprint density at radius 1 is 0.793 bits per heavy atom. The van der Waals surface area contributed by atoms with Gasteiger partial charge in [-0.05, 0) is 61.4 Å². The number of aromatic nitrogens is 2. The molecule has 0 aliphatic carbocycles. The molecule has 0 saturated carbocycles. The first kappa shape index (κ1) is 18.4. The number of hydrogen-bond donors (Lipinski definition) is 2. The van der Waals surface area contributed by atoms with E-state index in [9.17, 15) is 4.79 Å². The average molecular weight is 384 g/mol. The van der Waals surface area contributed by atoms with Crippen LogP contribution in [0.2, 0.25) is 0 Å². The van der Waals surface area contributed by atoms with Crippen molar-refractivity contribution in [3.05, 3.63) is 83.9 Å². The molecule has 144 valence electrons. The number of carbonyl (C=O) groups excluding carboxylic acids is 1. The van der Waals surface area contributed by atoms with Crippen molar-refractivity contribution in [1.82, 2.24) is 10.2 Å². The standard InChI is InChI=1S/C23H20N4O2/c1-15-8-6-13-20(16(15)2)25-23(28)24-19-12-7-11-18(14-19)22-27-26-21(29-22)17-9-4-3-5-10-17/h3-14H,1-2H3,(H2,24,25,28). The van der Waals surface area contributed by atoms with E-state index >= 15 is 0 Å². The van der Waals surface area contributed by atoms with E-state index in [-0.39, 0.29) is 6.03 Å². The molecule has 2 amide bonds. The molecule has 29 heavy (non-hydrogen) atoms. The maximum atomic E-state index is 12.4. The molecule has 6 nitrogen and oxygen atoms in total. The van der Waals surface area contributed by atoms with Gasteiger partial charge in [-0.25, -0.2) is 4.79 Å². The van der Waals surface area contributed by atoms with Crippen LogP contribution in [0.1, 0.15) is 11.1 Å². The number of aryl methyl sites for hydroxylation is 1. The highest BCUT2D eigenvalue weighted by atomic mass is 16.4. The van der Waals surface area contributed by atoms with Gasteiger partial charge in [0.25, 0.3) is 0 Å². The number of urea groups is 1. The van der Waals surface area contributed by atoms with Gasteiger partial charge in [-0.3, -0.25) is 0 Å². The van der Waals surface area contributed by atoms with Crippen LogP contribution in [0.5, 0.6) is 0 Å². The van der Waals surface area contributed by atoms with E-state index in [0.29, 0.717) is 17.5 Å². The molecule has 1 aromatic heterocycles. The number of hydrogen-bond acceptors (Lipinski definition) is 4. The first-order valence-corrected chi connectivity index (χ1v) is 9.24. The van der Waals surface area contributed by atoms with E-state index in [1.807, 2.05) is 74.5 Å². The van der Waals surface area contributed by atoms with Gasteiger partial charge in [0.1, 0.15) is 0 Å². The summed E-state index contributed by atoms with van der Waals surface area (Å²) in [6.45, 7) is 3.99. The number of nitrogens with one attached hydrogen (secondary N) is 2. The number of amides is 2. The lowest BCUT2D eigenvalue weighted by atomic mass is 10.1. The van der Waals surface area contributed by atoms with Gasteiger partial charge in [0, 0.05) is 22.5 Å². The largest absolute Gasteiger partial charge is 0.416 e. The number of carbonyl (C=O) groups is 1. The molecule has 4 aromatic rings. The fraction of sp³-hybridized carbons (Fsp3) is 0.0870. The van der Waals surface area contributed by atoms with Crippen LogP contribution < -0.4 is 10.6 Å². The second kappa shape index (κ2) is 7.98. The van der Waals surface area contributed by atoms with E-state index in [0.717, 1.165) is 27.9 Å². The molecule has 0 saturated heterocycles. The molecule has 0 aliphatic heterocycles. The molecule has 3 aromatic carbocycles. The molecular weight excluding hydrogens is 364 g/mol. The van der Waals surface area contributed by atoms with Crippen LogP contribution in [-0.4, -0.2) is 16.2 Å². The topological polar surface area (TPSA) is 80.0 Å². The third-order valence-corrected chi connectivity index (χ3v) is 4.67. The first-order chi connectivity index (χ1) is 14.1. The maximum Gasteiger partial charge on any atom is 0.323 e. The summed E-state index contributed by atoms with van der Waals surface area (Å²) in [7, 11) is 0. The number of anilines is 2. The molecule has 0 radical (unpaired) electrons. The van der Waals surface area contributed by atoms with Crippen LogP contribution >= 0.6 is 0 Å². The van der Waals surface area contributed by atoms with Crippen molar-refractivity contribution in [2.45, 2.75) is 13.8 Å². The van der Waals surface area contributed by atoms with Crippen LogP contribution in [0.25, 0.3) is 22.9 Å². The molecule has 0 atom stereocenters. The van der Waals surface area contributed by atoms with Gasteiger partial charge < -0.3 is 15.1 Å². The number of benzene rings is 3. The van der Waals surface area contributed by atoms with Crippen molar-refractivity contribution in [2.75, 3.05) is 10.6 Å². The summed E-state index contributed by atoms with van der Waals surface area (Å²) in [5, 5.41) is 14.0. The molecule has 2 N–H and O–H groups in total. The Hall–Kier alpha value is -3.93. The zero-order chi connectivity index (χ0) is 20.2. The lowest BCUT2D eigenvalue weighted by molar-refractivity contribution is 0.262. The lowest BCUT2D eigenvalue weighted by Crippen LogP contribution is -2.20. The second-order valence-electron chi connectivity index (χ2n) is 6.69. The number of nitrogens with zero attached hydrogens (tertiary/aromatic N) is 2. The Labute approximate surface area is 168 Å².